The van der Waals surface area contributed by atoms with Gasteiger partial charge in [0.2, 0.25) is 0 Å². The van der Waals surface area contributed by atoms with Crippen molar-refractivity contribution in [3.05, 3.63) is 29.3 Å². The molecule has 1 aromatic rings. The van der Waals surface area contributed by atoms with Crippen molar-refractivity contribution in [1.29, 1.82) is 0 Å². The number of amides is 1. The second-order valence-corrected chi connectivity index (χ2v) is 5.35. The van der Waals surface area contributed by atoms with Gasteiger partial charge in [-0.3, -0.25) is 4.79 Å². The summed E-state index contributed by atoms with van der Waals surface area (Å²) in [5, 5.41) is 5.83. The Balaban J connectivity index is 0.00000400. The predicted molar refractivity (Wildman–Crippen MR) is 89.5 cm³/mol. The van der Waals surface area contributed by atoms with Crippen LogP contribution >= 0.6 is 12.4 Å². The van der Waals surface area contributed by atoms with E-state index >= 15 is 0 Å². The van der Waals surface area contributed by atoms with Gasteiger partial charge in [0.25, 0.3) is 5.91 Å². The third kappa shape index (κ3) is 6.36. The summed E-state index contributed by atoms with van der Waals surface area (Å²) in [6.45, 7) is 9.40. The maximum atomic E-state index is 11.9. The molecule has 120 valence electrons. The number of rotatable bonds is 7. The summed E-state index contributed by atoms with van der Waals surface area (Å²) in [5.41, 5.74) is 2.26. The first-order valence-corrected chi connectivity index (χ1v) is 7.15. The lowest BCUT2D eigenvalue weighted by atomic mass is 10.0. The van der Waals surface area contributed by atoms with E-state index in [1.54, 1.807) is 6.92 Å². The lowest BCUT2D eigenvalue weighted by Gasteiger charge is -2.19. The molecule has 1 unspecified atom stereocenters. The predicted octanol–water partition coefficient (Wildman–Crippen LogP) is 2.64. The van der Waals surface area contributed by atoms with E-state index in [4.69, 9.17) is 4.74 Å². The molecule has 1 aromatic carbocycles. The molecule has 0 aliphatic carbocycles. The van der Waals surface area contributed by atoms with Gasteiger partial charge in [0.15, 0.2) is 6.10 Å². The van der Waals surface area contributed by atoms with Gasteiger partial charge in [-0.25, -0.2) is 0 Å². The lowest BCUT2D eigenvalue weighted by molar-refractivity contribution is -0.127. The van der Waals surface area contributed by atoms with Crippen molar-refractivity contribution >= 4 is 18.3 Å². The van der Waals surface area contributed by atoms with Crippen LogP contribution in [-0.2, 0) is 4.79 Å². The molecular weight excluding hydrogens is 288 g/mol. The largest absolute Gasteiger partial charge is 0.481 e. The van der Waals surface area contributed by atoms with Crippen molar-refractivity contribution < 1.29 is 9.53 Å². The quantitative estimate of drug-likeness (QED) is 0.761. The highest BCUT2D eigenvalue weighted by atomic mass is 35.5. The highest BCUT2D eigenvalue weighted by Gasteiger charge is 2.17. The van der Waals surface area contributed by atoms with Crippen molar-refractivity contribution in [1.82, 2.24) is 10.6 Å². The Morgan fingerprint density at radius 2 is 1.90 bits per heavy atom. The fourth-order valence-electron chi connectivity index (χ4n) is 1.92. The molecule has 0 spiro atoms. The zero-order valence-electron chi connectivity index (χ0n) is 13.5. The molecule has 0 aliphatic rings. The average molecular weight is 315 g/mol. The van der Waals surface area contributed by atoms with Crippen LogP contribution in [0, 0.1) is 6.92 Å². The number of nitrogens with one attached hydrogen (secondary N) is 2. The van der Waals surface area contributed by atoms with Crippen molar-refractivity contribution in [2.24, 2.45) is 0 Å². The molecule has 1 rings (SSSR count). The van der Waals surface area contributed by atoms with Crippen molar-refractivity contribution in [2.45, 2.75) is 39.7 Å². The first-order valence-electron chi connectivity index (χ1n) is 7.15. The Kier molecular flexibility index (Phi) is 9.06. The second kappa shape index (κ2) is 9.64. The molecule has 0 aromatic heterocycles. The number of hydrogen-bond donors (Lipinski definition) is 2. The van der Waals surface area contributed by atoms with E-state index in [0.717, 1.165) is 23.4 Å². The van der Waals surface area contributed by atoms with Gasteiger partial charge in [-0.05, 0) is 44.0 Å². The molecule has 0 radical (unpaired) electrons. The molecule has 0 saturated carbocycles. The van der Waals surface area contributed by atoms with E-state index in [-0.39, 0.29) is 18.3 Å². The van der Waals surface area contributed by atoms with Crippen LogP contribution in [-0.4, -0.2) is 32.1 Å². The number of ether oxygens (including phenoxy) is 1. The fraction of sp³-hybridized carbons (Fsp3) is 0.562. The monoisotopic (exact) mass is 314 g/mol. The van der Waals surface area contributed by atoms with Gasteiger partial charge >= 0.3 is 0 Å². The maximum absolute atomic E-state index is 11.9. The molecule has 0 saturated heterocycles. The van der Waals surface area contributed by atoms with Crippen molar-refractivity contribution in [3.63, 3.8) is 0 Å². The first kappa shape index (κ1) is 19.7. The van der Waals surface area contributed by atoms with Crippen LogP contribution in [0.3, 0.4) is 0 Å². The molecule has 1 atom stereocenters. The molecule has 0 heterocycles. The SMILES string of the molecule is CNCCNC(=O)C(C)Oc1cc(C)ccc1C(C)C.Cl. The zero-order valence-corrected chi connectivity index (χ0v) is 14.3. The minimum absolute atomic E-state index is 0. The lowest BCUT2D eigenvalue weighted by Crippen LogP contribution is -2.39. The normalized spacial score (nSPS) is 11.7. The van der Waals surface area contributed by atoms with Crippen molar-refractivity contribution in [2.75, 3.05) is 20.1 Å². The van der Waals surface area contributed by atoms with Crippen LogP contribution < -0.4 is 15.4 Å². The Bertz CT molecular complexity index is 450. The Morgan fingerprint density at radius 1 is 1.24 bits per heavy atom. The topological polar surface area (TPSA) is 50.4 Å². The molecule has 1 amide bonds. The van der Waals surface area contributed by atoms with E-state index in [2.05, 4.69) is 36.6 Å². The fourth-order valence-corrected chi connectivity index (χ4v) is 1.92. The maximum Gasteiger partial charge on any atom is 0.260 e. The van der Waals surface area contributed by atoms with Crippen molar-refractivity contribution in [3.8, 4) is 5.75 Å². The number of carbonyl (C=O) groups is 1. The van der Waals surface area contributed by atoms with E-state index in [1.165, 1.54) is 0 Å². The van der Waals surface area contributed by atoms with E-state index in [9.17, 15) is 4.79 Å². The van der Waals surface area contributed by atoms with Gasteiger partial charge in [0, 0.05) is 13.1 Å². The van der Waals surface area contributed by atoms with Gasteiger partial charge in [0.1, 0.15) is 5.75 Å². The number of halogens is 1. The van der Waals surface area contributed by atoms with Crippen LogP contribution in [0.25, 0.3) is 0 Å². The molecule has 4 nitrogen and oxygen atoms in total. The number of aryl methyl sites for hydroxylation is 1. The Morgan fingerprint density at radius 3 is 2.48 bits per heavy atom. The number of likely N-dealkylation sites (N-methyl/N-ethyl adjacent to an activating group) is 1. The highest BCUT2D eigenvalue weighted by molar-refractivity contribution is 5.85. The zero-order chi connectivity index (χ0) is 15.1. The van der Waals surface area contributed by atoms with E-state index in [0.29, 0.717) is 12.5 Å². The Hall–Kier alpha value is -1.26. The number of carbonyl (C=O) groups excluding carboxylic acids is 1. The number of benzene rings is 1. The van der Waals surface area contributed by atoms with Gasteiger partial charge in [-0.1, -0.05) is 26.0 Å². The van der Waals surface area contributed by atoms with Crippen LogP contribution in [0.4, 0.5) is 0 Å². The van der Waals surface area contributed by atoms with Gasteiger partial charge < -0.3 is 15.4 Å². The van der Waals surface area contributed by atoms with Crippen LogP contribution in [0.15, 0.2) is 18.2 Å². The van der Waals surface area contributed by atoms with Gasteiger partial charge in [-0.15, -0.1) is 12.4 Å². The summed E-state index contributed by atoms with van der Waals surface area (Å²) in [5.74, 6) is 1.08. The van der Waals surface area contributed by atoms with Crippen LogP contribution in [0.1, 0.15) is 37.8 Å². The summed E-state index contributed by atoms with van der Waals surface area (Å²) in [6, 6.07) is 6.13. The highest BCUT2D eigenvalue weighted by Crippen LogP contribution is 2.28. The Labute approximate surface area is 134 Å². The summed E-state index contributed by atoms with van der Waals surface area (Å²) >= 11 is 0. The summed E-state index contributed by atoms with van der Waals surface area (Å²) < 4.78 is 5.85. The average Bonchev–Trinajstić information content (AvgIpc) is 2.38. The summed E-state index contributed by atoms with van der Waals surface area (Å²) in [6.07, 6.45) is -0.494. The third-order valence-electron chi connectivity index (χ3n) is 3.14. The molecule has 5 heteroatoms. The van der Waals surface area contributed by atoms with Crippen LogP contribution in [0.5, 0.6) is 5.75 Å². The van der Waals surface area contributed by atoms with Gasteiger partial charge in [-0.2, -0.15) is 0 Å². The smallest absolute Gasteiger partial charge is 0.260 e. The molecule has 0 bridgehead atoms. The van der Waals surface area contributed by atoms with E-state index < -0.39 is 6.10 Å². The van der Waals surface area contributed by atoms with Gasteiger partial charge in [0.05, 0.1) is 0 Å². The minimum Gasteiger partial charge on any atom is -0.481 e. The molecule has 0 aliphatic heterocycles. The molecule has 2 N–H and O–H groups in total. The first-order chi connectivity index (χ1) is 9.45. The second-order valence-electron chi connectivity index (χ2n) is 5.35. The third-order valence-corrected chi connectivity index (χ3v) is 3.14. The molecule has 0 fully saturated rings. The summed E-state index contributed by atoms with van der Waals surface area (Å²) in [4.78, 5) is 11.9. The standard InChI is InChI=1S/C16H26N2O2.ClH/c1-11(2)14-7-6-12(3)10-15(14)20-13(4)16(19)18-9-8-17-5;/h6-7,10-11,13,17H,8-9H2,1-5H3,(H,18,19);1H. The number of hydrogen-bond acceptors (Lipinski definition) is 3. The summed E-state index contributed by atoms with van der Waals surface area (Å²) in [7, 11) is 1.85. The molecule has 21 heavy (non-hydrogen) atoms. The molecular formula is C16H27ClN2O2. The van der Waals surface area contributed by atoms with E-state index in [1.807, 2.05) is 20.0 Å². The minimum atomic E-state index is -0.494. The van der Waals surface area contributed by atoms with Crippen LogP contribution in [0.2, 0.25) is 0 Å².